The fourth-order valence-electron chi connectivity index (χ4n) is 4.44. The van der Waals surface area contributed by atoms with Crippen molar-refractivity contribution in [3.8, 4) is 5.75 Å². The Bertz CT molecular complexity index is 932. The Morgan fingerprint density at radius 3 is 2.14 bits per heavy atom. The molecule has 2 amide bonds. The van der Waals surface area contributed by atoms with Crippen LogP contribution in [0.15, 0.2) is 60.1 Å². The molecule has 1 aliphatic rings. The molecule has 2 aromatic rings. The Morgan fingerprint density at radius 1 is 0.838 bits per heavy atom. The number of nitrogens with zero attached hydrogens (tertiary/aromatic N) is 1. The molecule has 0 atom stereocenters. The molecule has 0 aromatic heterocycles. The van der Waals surface area contributed by atoms with Gasteiger partial charge in [0.25, 0.3) is 0 Å². The van der Waals surface area contributed by atoms with Gasteiger partial charge in [-0.15, -0.1) is 11.8 Å². The van der Waals surface area contributed by atoms with Gasteiger partial charge in [-0.25, -0.2) is 4.79 Å². The molecule has 0 bridgehead atoms. The number of carbonyl (C=O) groups excluding carboxylic acids is 1. The first-order valence-corrected chi connectivity index (χ1v) is 15.2. The van der Waals surface area contributed by atoms with Gasteiger partial charge in [0.15, 0.2) is 0 Å². The van der Waals surface area contributed by atoms with E-state index in [0.29, 0.717) is 18.0 Å². The Labute approximate surface area is 228 Å². The van der Waals surface area contributed by atoms with Gasteiger partial charge < -0.3 is 20.3 Å². The van der Waals surface area contributed by atoms with Crippen LogP contribution < -0.4 is 15.4 Å². The van der Waals surface area contributed by atoms with Crippen LogP contribution in [0.1, 0.15) is 89.5 Å². The van der Waals surface area contributed by atoms with Crippen molar-refractivity contribution in [3.63, 3.8) is 0 Å². The molecule has 1 aliphatic heterocycles. The van der Waals surface area contributed by atoms with Gasteiger partial charge in [-0.3, -0.25) is 0 Å². The highest BCUT2D eigenvalue weighted by molar-refractivity contribution is 8.02. The molecule has 0 spiro atoms. The summed E-state index contributed by atoms with van der Waals surface area (Å²) in [6, 6.07) is 15.4. The van der Waals surface area contributed by atoms with Gasteiger partial charge in [0.1, 0.15) is 5.75 Å². The van der Waals surface area contributed by atoms with E-state index in [1.165, 1.54) is 76.2 Å². The summed E-state index contributed by atoms with van der Waals surface area (Å²) >= 11 is 1.80. The SMILES string of the molecule is CCCCCCCCCCCCCCOc1ccccc1NC(=O)Nc1ccc(CN2C=CSC2)cc1. The molecule has 0 saturated heterocycles. The number of benzene rings is 2. The smallest absolute Gasteiger partial charge is 0.323 e. The van der Waals surface area contributed by atoms with Crippen LogP contribution in [0, 0.1) is 0 Å². The van der Waals surface area contributed by atoms with E-state index in [1.807, 2.05) is 36.4 Å². The topological polar surface area (TPSA) is 53.6 Å². The molecule has 0 radical (unpaired) electrons. The molecule has 0 aliphatic carbocycles. The van der Waals surface area contributed by atoms with E-state index >= 15 is 0 Å². The normalized spacial score (nSPS) is 12.6. The van der Waals surface area contributed by atoms with E-state index < -0.39 is 0 Å². The number of nitrogens with one attached hydrogen (secondary N) is 2. The minimum atomic E-state index is -0.270. The summed E-state index contributed by atoms with van der Waals surface area (Å²) < 4.78 is 6.00. The van der Waals surface area contributed by atoms with Crippen LogP contribution in [0.25, 0.3) is 0 Å². The summed E-state index contributed by atoms with van der Waals surface area (Å²) in [5.74, 6) is 1.70. The number of anilines is 2. The molecular weight excluding hydrogens is 478 g/mol. The summed E-state index contributed by atoms with van der Waals surface area (Å²) in [7, 11) is 0. The van der Waals surface area contributed by atoms with Gasteiger partial charge in [0.2, 0.25) is 0 Å². The number of carbonyl (C=O) groups is 1. The maximum Gasteiger partial charge on any atom is 0.323 e. The predicted octanol–water partition coefficient (Wildman–Crippen LogP) is 9.39. The summed E-state index contributed by atoms with van der Waals surface area (Å²) in [4.78, 5) is 14.8. The fraction of sp³-hybridized carbons (Fsp3) is 0.516. The van der Waals surface area contributed by atoms with E-state index in [2.05, 4.69) is 46.2 Å². The van der Waals surface area contributed by atoms with Gasteiger partial charge in [0.05, 0.1) is 18.2 Å². The van der Waals surface area contributed by atoms with Gasteiger partial charge in [-0.05, 0) is 41.7 Å². The molecule has 2 N–H and O–H groups in total. The van der Waals surface area contributed by atoms with Crippen molar-refractivity contribution in [3.05, 3.63) is 65.7 Å². The van der Waals surface area contributed by atoms with Gasteiger partial charge in [-0.1, -0.05) is 102 Å². The monoisotopic (exact) mass is 523 g/mol. The van der Waals surface area contributed by atoms with Gasteiger partial charge >= 0.3 is 6.03 Å². The minimum Gasteiger partial charge on any atom is -0.491 e. The molecule has 0 fully saturated rings. The molecule has 3 rings (SSSR count). The lowest BCUT2D eigenvalue weighted by Gasteiger charge is -2.15. The largest absolute Gasteiger partial charge is 0.491 e. The fourth-order valence-corrected chi connectivity index (χ4v) is 5.16. The van der Waals surface area contributed by atoms with E-state index in [0.717, 1.165) is 24.5 Å². The van der Waals surface area contributed by atoms with Crippen LogP contribution in [-0.2, 0) is 6.54 Å². The van der Waals surface area contributed by atoms with E-state index in [9.17, 15) is 4.79 Å². The van der Waals surface area contributed by atoms with Crippen molar-refractivity contribution in [2.75, 3.05) is 23.1 Å². The van der Waals surface area contributed by atoms with Crippen molar-refractivity contribution < 1.29 is 9.53 Å². The molecule has 0 saturated carbocycles. The van der Waals surface area contributed by atoms with Crippen LogP contribution in [0.2, 0.25) is 0 Å². The zero-order chi connectivity index (χ0) is 26.0. The van der Waals surface area contributed by atoms with Gasteiger partial charge in [-0.2, -0.15) is 0 Å². The average Bonchev–Trinajstić information content (AvgIpc) is 3.42. The molecule has 37 heavy (non-hydrogen) atoms. The third-order valence-corrected chi connectivity index (χ3v) is 7.39. The van der Waals surface area contributed by atoms with Gasteiger partial charge in [0, 0.05) is 18.4 Å². The maximum absolute atomic E-state index is 12.6. The van der Waals surface area contributed by atoms with Crippen molar-refractivity contribution in [1.82, 2.24) is 4.90 Å². The molecule has 6 heteroatoms. The molecule has 5 nitrogen and oxygen atoms in total. The number of thioether (sulfide) groups is 1. The van der Waals surface area contributed by atoms with E-state index in [1.54, 1.807) is 11.8 Å². The first kappa shape index (κ1) is 29.0. The number of ether oxygens (including phenoxy) is 1. The highest BCUT2D eigenvalue weighted by Gasteiger charge is 2.09. The molecule has 1 heterocycles. The quantitative estimate of drug-likeness (QED) is 0.191. The van der Waals surface area contributed by atoms with E-state index in [-0.39, 0.29) is 6.03 Å². The Morgan fingerprint density at radius 2 is 1.49 bits per heavy atom. The first-order valence-electron chi connectivity index (χ1n) is 14.2. The number of amides is 2. The van der Waals surface area contributed by atoms with Crippen molar-refractivity contribution in [1.29, 1.82) is 0 Å². The Kier molecular flexibility index (Phi) is 13.9. The molecule has 202 valence electrons. The minimum absolute atomic E-state index is 0.270. The Hall–Kier alpha value is -2.60. The lowest BCUT2D eigenvalue weighted by Crippen LogP contribution is -2.20. The second kappa shape index (κ2) is 17.8. The Balaban J connectivity index is 1.28. The number of hydrogen-bond acceptors (Lipinski definition) is 4. The number of hydrogen-bond donors (Lipinski definition) is 2. The summed E-state index contributed by atoms with van der Waals surface area (Å²) in [6.45, 7) is 3.82. The summed E-state index contributed by atoms with van der Waals surface area (Å²) in [5.41, 5.74) is 2.67. The number of unbranched alkanes of at least 4 members (excludes halogenated alkanes) is 11. The zero-order valence-electron chi connectivity index (χ0n) is 22.6. The van der Waals surface area contributed by atoms with Crippen LogP contribution in [-0.4, -0.2) is 23.4 Å². The zero-order valence-corrected chi connectivity index (χ0v) is 23.4. The highest BCUT2D eigenvalue weighted by atomic mass is 32.2. The predicted molar refractivity (Wildman–Crippen MR) is 159 cm³/mol. The average molecular weight is 524 g/mol. The first-order chi connectivity index (χ1) is 18.2. The molecular formula is C31H45N3O2S. The van der Waals surface area contributed by atoms with Crippen molar-refractivity contribution >= 4 is 29.2 Å². The lowest BCUT2D eigenvalue weighted by atomic mass is 10.1. The molecule has 0 unspecified atom stereocenters. The third-order valence-electron chi connectivity index (χ3n) is 6.60. The van der Waals surface area contributed by atoms with Crippen LogP contribution in [0.5, 0.6) is 5.75 Å². The van der Waals surface area contributed by atoms with E-state index in [4.69, 9.17) is 4.74 Å². The van der Waals surface area contributed by atoms with Crippen LogP contribution in [0.4, 0.5) is 16.2 Å². The molecule has 2 aromatic carbocycles. The highest BCUT2D eigenvalue weighted by Crippen LogP contribution is 2.25. The van der Waals surface area contributed by atoms with Crippen molar-refractivity contribution in [2.24, 2.45) is 0 Å². The number of urea groups is 1. The summed E-state index contributed by atoms with van der Waals surface area (Å²) in [6.07, 6.45) is 18.0. The van der Waals surface area contributed by atoms with Crippen LogP contribution >= 0.6 is 11.8 Å². The standard InChI is InChI=1S/C31H45N3O2S/c1-2-3-4-5-6-7-8-9-10-11-12-15-23-36-30-17-14-13-16-29(30)33-31(35)32-28-20-18-27(19-21-28)25-34-22-24-37-26-34/h13-14,16-22,24H,2-12,15,23,25-26H2,1H3,(H2,32,33,35). The third kappa shape index (κ3) is 12.0. The maximum atomic E-state index is 12.6. The second-order valence-corrected chi connectivity index (χ2v) is 10.7. The number of rotatable bonds is 18. The van der Waals surface area contributed by atoms with Crippen molar-refractivity contribution in [2.45, 2.75) is 90.5 Å². The number of para-hydroxylation sites is 2. The van der Waals surface area contributed by atoms with Crippen LogP contribution in [0.3, 0.4) is 0 Å². The summed E-state index contributed by atoms with van der Waals surface area (Å²) in [5, 5.41) is 7.96. The second-order valence-electron chi connectivity index (χ2n) is 9.84. The lowest BCUT2D eigenvalue weighted by molar-refractivity contribution is 0.261.